The van der Waals surface area contributed by atoms with Gasteiger partial charge in [-0.2, -0.15) is 5.10 Å². The molecule has 0 radical (unpaired) electrons. The van der Waals surface area contributed by atoms with E-state index < -0.39 is 0 Å². The molecule has 5 nitrogen and oxygen atoms in total. The molecule has 13 heavy (non-hydrogen) atoms. The first-order chi connectivity index (χ1) is 6.15. The second-order valence-corrected chi connectivity index (χ2v) is 3.13. The number of nitrogens with two attached hydrogens (primary N) is 1. The molecule has 0 spiro atoms. The maximum atomic E-state index is 11.0. The van der Waals surface area contributed by atoms with E-state index in [1.807, 2.05) is 13.8 Å². The van der Waals surface area contributed by atoms with Crippen LogP contribution in [0.25, 0.3) is 0 Å². The van der Waals surface area contributed by atoms with Crippen molar-refractivity contribution in [3.8, 4) is 0 Å². The Balaban J connectivity index is 2.76. The number of aromatic nitrogens is 3. The molecule has 1 aromatic heterocycles. The van der Waals surface area contributed by atoms with Crippen molar-refractivity contribution in [2.24, 2.45) is 5.73 Å². The predicted octanol–water partition coefficient (Wildman–Crippen LogP) is -0.0707. The summed E-state index contributed by atoms with van der Waals surface area (Å²) in [5, 5.41) is 4.02. The van der Waals surface area contributed by atoms with E-state index in [-0.39, 0.29) is 24.8 Å². The van der Waals surface area contributed by atoms with E-state index in [4.69, 9.17) is 5.73 Å². The lowest BCUT2D eigenvalue weighted by atomic mass is 10.2. The van der Waals surface area contributed by atoms with Gasteiger partial charge in [0, 0.05) is 6.04 Å². The fourth-order valence-corrected chi connectivity index (χ4v) is 1.08. The maximum Gasteiger partial charge on any atom is 0.153 e. The van der Waals surface area contributed by atoms with Crippen LogP contribution in [0.5, 0.6) is 0 Å². The molecule has 5 heteroatoms. The molecular formula is C8H14N4O. The van der Waals surface area contributed by atoms with E-state index in [0.717, 1.165) is 0 Å². The molecule has 0 aromatic carbocycles. The lowest BCUT2D eigenvalue weighted by Gasteiger charge is -2.07. The van der Waals surface area contributed by atoms with Crippen LogP contribution in [-0.4, -0.2) is 27.1 Å². The van der Waals surface area contributed by atoms with E-state index in [9.17, 15) is 4.79 Å². The fraction of sp³-hybridized carbons (Fsp3) is 0.625. The highest BCUT2D eigenvalue weighted by atomic mass is 16.1. The predicted molar refractivity (Wildman–Crippen MR) is 48.2 cm³/mol. The topological polar surface area (TPSA) is 73.8 Å². The van der Waals surface area contributed by atoms with Crippen molar-refractivity contribution in [2.75, 3.05) is 6.54 Å². The number of ketones is 1. The fourth-order valence-electron chi connectivity index (χ4n) is 1.08. The third kappa shape index (κ3) is 2.35. The Bertz CT molecular complexity index is 292. The van der Waals surface area contributed by atoms with Gasteiger partial charge in [-0.3, -0.25) is 4.79 Å². The summed E-state index contributed by atoms with van der Waals surface area (Å²) in [6.07, 6.45) is 1.73. The first kappa shape index (κ1) is 9.85. The molecule has 0 saturated heterocycles. The van der Waals surface area contributed by atoms with Gasteiger partial charge in [-0.25, -0.2) is 9.67 Å². The number of hydrogen-bond acceptors (Lipinski definition) is 4. The van der Waals surface area contributed by atoms with Crippen molar-refractivity contribution in [3.05, 3.63) is 12.2 Å². The van der Waals surface area contributed by atoms with Crippen LogP contribution in [0.2, 0.25) is 0 Å². The molecule has 0 aliphatic heterocycles. The Morgan fingerprint density at radius 2 is 2.38 bits per heavy atom. The average molecular weight is 182 g/mol. The number of rotatable bonds is 4. The Kier molecular flexibility index (Phi) is 3.13. The van der Waals surface area contributed by atoms with Crippen LogP contribution in [0.15, 0.2) is 6.33 Å². The van der Waals surface area contributed by atoms with Crippen molar-refractivity contribution in [3.63, 3.8) is 0 Å². The summed E-state index contributed by atoms with van der Waals surface area (Å²) in [5.41, 5.74) is 5.21. The van der Waals surface area contributed by atoms with Crippen molar-refractivity contribution in [1.82, 2.24) is 14.8 Å². The average Bonchev–Trinajstić information content (AvgIpc) is 2.52. The largest absolute Gasteiger partial charge is 0.324 e. The minimum atomic E-state index is -0.0186. The summed E-state index contributed by atoms with van der Waals surface area (Å²) < 4.78 is 1.73. The van der Waals surface area contributed by atoms with E-state index in [1.165, 1.54) is 6.33 Å². The molecule has 0 bridgehead atoms. The van der Waals surface area contributed by atoms with Crippen molar-refractivity contribution >= 4 is 5.78 Å². The second-order valence-electron chi connectivity index (χ2n) is 3.13. The van der Waals surface area contributed by atoms with Gasteiger partial charge in [-0.05, 0) is 13.8 Å². The molecule has 1 aromatic rings. The molecule has 0 aliphatic rings. The van der Waals surface area contributed by atoms with Gasteiger partial charge in [0.1, 0.15) is 12.2 Å². The van der Waals surface area contributed by atoms with Gasteiger partial charge in [0.15, 0.2) is 5.78 Å². The van der Waals surface area contributed by atoms with Gasteiger partial charge in [-0.1, -0.05) is 0 Å². The first-order valence-electron chi connectivity index (χ1n) is 4.25. The molecule has 0 aliphatic carbocycles. The molecule has 0 fully saturated rings. The first-order valence-corrected chi connectivity index (χ1v) is 4.25. The molecule has 0 saturated carbocycles. The van der Waals surface area contributed by atoms with Crippen LogP contribution < -0.4 is 5.73 Å². The summed E-state index contributed by atoms with van der Waals surface area (Å²) in [5.74, 6) is 0.667. The number of hydrogen-bond donors (Lipinski definition) is 1. The quantitative estimate of drug-likeness (QED) is 0.707. The highest BCUT2D eigenvalue weighted by Crippen LogP contribution is 2.05. The number of nitrogens with zero attached hydrogens (tertiary/aromatic N) is 3. The van der Waals surface area contributed by atoms with Crippen molar-refractivity contribution in [1.29, 1.82) is 0 Å². The molecular weight excluding hydrogens is 168 g/mol. The van der Waals surface area contributed by atoms with Crippen LogP contribution in [0, 0.1) is 0 Å². The van der Waals surface area contributed by atoms with Gasteiger partial charge >= 0.3 is 0 Å². The zero-order valence-corrected chi connectivity index (χ0v) is 7.90. The lowest BCUT2D eigenvalue weighted by Crippen LogP contribution is -2.19. The molecule has 0 atom stereocenters. The van der Waals surface area contributed by atoms with E-state index in [0.29, 0.717) is 5.82 Å². The highest BCUT2D eigenvalue weighted by Gasteiger charge is 2.10. The van der Waals surface area contributed by atoms with Gasteiger partial charge in [-0.15, -0.1) is 0 Å². The van der Waals surface area contributed by atoms with Gasteiger partial charge < -0.3 is 5.73 Å². The van der Waals surface area contributed by atoms with E-state index in [1.54, 1.807) is 4.68 Å². The van der Waals surface area contributed by atoms with Gasteiger partial charge in [0.05, 0.1) is 13.0 Å². The summed E-state index contributed by atoms with van der Waals surface area (Å²) in [6, 6.07) is 0.225. The third-order valence-electron chi connectivity index (χ3n) is 1.72. The monoisotopic (exact) mass is 182 g/mol. The number of carbonyl (C=O) groups is 1. The summed E-state index contributed by atoms with van der Waals surface area (Å²) in [7, 11) is 0. The van der Waals surface area contributed by atoms with Crippen LogP contribution in [-0.2, 0) is 11.2 Å². The summed E-state index contributed by atoms with van der Waals surface area (Å²) in [4.78, 5) is 15.0. The van der Waals surface area contributed by atoms with Crippen LogP contribution in [0.4, 0.5) is 0 Å². The molecule has 2 N–H and O–H groups in total. The standard InChI is InChI=1S/C8H14N4O/c1-6(2)12-8(10-5-11-12)3-7(13)4-9/h5-6H,3-4,9H2,1-2H3. The van der Waals surface area contributed by atoms with Crippen LogP contribution in [0.3, 0.4) is 0 Å². The number of carbonyl (C=O) groups excluding carboxylic acids is 1. The number of Topliss-reactive ketones (excluding diaryl/α,β-unsaturated/α-hetero) is 1. The Hall–Kier alpha value is -1.23. The van der Waals surface area contributed by atoms with Crippen molar-refractivity contribution in [2.45, 2.75) is 26.3 Å². The Morgan fingerprint density at radius 1 is 1.69 bits per heavy atom. The molecule has 1 heterocycles. The zero-order valence-electron chi connectivity index (χ0n) is 7.90. The van der Waals surface area contributed by atoms with E-state index >= 15 is 0 Å². The lowest BCUT2D eigenvalue weighted by molar-refractivity contribution is -0.117. The molecule has 72 valence electrons. The zero-order chi connectivity index (χ0) is 9.84. The van der Waals surface area contributed by atoms with Crippen LogP contribution >= 0.6 is 0 Å². The summed E-state index contributed by atoms with van der Waals surface area (Å²) in [6.45, 7) is 4.04. The smallest absolute Gasteiger partial charge is 0.153 e. The molecule has 1 rings (SSSR count). The maximum absolute atomic E-state index is 11.0. The Labute approximate surface area is 76.9 Å². The normalized spacial score (nSPS) is 10.8. The second kappa shape index (κ2) is 4.13. The van der Waals surface area contributed by atoms with Gasteiger partial charge in [0.2, 0.25) is 0 Å². The van der Waals surface area contributed by atoms with E-state index in [2.05, 4.69) is 10.1 Å². The SMILES string of the molecule is CC(C)n1ncnc1CC(=O)CN. The molecule has 0 amide bonds. The summed E-state index contributed by atoms with van der Waals surface area (Å²) >= 11 is 0. The minimum Gasteiger partial charge on any atom is -0.324 e. The Morgan fingerprint density at radius 3 is 2.92 bits per heavy atom. The van der Waals surface area contributed by atoms with Crippen molar-refractivity contribution < 1.29 is 4.79 Å². The minimum absolute atomic E-state index is 0.0186. The van der Waals surface area contributed by atoms with Gasteiger partial charge in [0.25, 0.3) is 0 Å². The highest BCUT2D eigenvalue weighted by molar-refractivity contribution is 5.81. The third-order valence-corrected chi connectivity index (χ3v) is 1.72. The van der Waals surface area contributed by atoms with Crippen LogP contribution in [0.1, 0.15) is 25.7 Å². The molecule has 0 unspecified atom stereocenters.